The largest absolute Gasteiger partial charge is 2.00 e. The van der Waals surface area contributed by atoms with E-state index in [1.54, 1.807) is 111 Å². The minimum atomic E-state index is -4.68. The van der Waals surface area contributed by atoms with Gasteiger partial charge in [-0.2, -0.15) is 21.9 Å². The van der Waals surface area contributed by atoms with Gasteiger partial charge in [0.25, 0.3) is 26.1 Å². The number of methoxy groups -OCH3 is 2. The zero-order valence-corrected chi connectivity index (χ0v) is 45.5. The SMILES string of the molecule is CCc1cc(Cl)cc(N=Nc2c(O)c(C(=O)Nc3cccc(OC)c3)cc3ccccc23)c1S(=O)(=O)O.CCc1cc(Cl)cc(N=Nc2c([O-])c(C([O-])=Nc3cccc(OC)c3)cc3ccccc23)c1S(=O)(=O)O.[Ca+2]. The maximum atomic E-state index is 13.4. The monoisotopic (exact) mass is 1120 g/mol. The fourth-order valence-corrected chi connectivity index (χ4v) is 9.93. The molecule has 8 aromatic carbocycles. The van der Waals surface area contributed by atoms with Crippen LogP contribution in [0.4, 0.5) is 34.1 Å². The Bertz CT molecular complexity index is 3830. The van der Waals surface area contributed by atoms with E-state index in [-0.39, 0.29) is 106 Å². The van der Waals surface area contributed by atoms with Crippen LogP contribution in [0.5, 0.6) is 23.0 Å². The number of phenolic OH excluding ortho intramolecular Hbond substituents is 1. The summed E-state index contributed by atoms with van der Waals surface area (Å²) in [5.41, 5.74) is 0.204. The van der Waals surface area contributed by atoms with Crippen LogP contribution in [0.3, 0.4) is 0 Å². The first-order chi connectivity index (χ1) is 35.2. The molecule has 0 saturated carbocycles. The number of ether oxygens (including phenoxy) is 2. The number of amides is 1. The molecule has 0 radical (unpaired) electrons. The normalized spacial score (nSPS) is 11.9. The molecule has 8 aromatic rings. The second kappa shape index (κ2) is 24.7. The Balaban J connectivity index is 0.000000241. The predicted octanol–water partition coefficient (Wildman–Crippen LogP) is 11.5. The van der Waals surface area contributed by atoms with Gasteiger partial charge in [0.15, 0.2) is 5.75 Å². The topological polar surface area (TPSA) is 284 Å². The zero-order chi connectivity index (χ0) is 53.5. The summed E-state index contributed by atoms with van der Waals surface area (Å²) >= 11 is 12.3. The van der Waals surface area contributed by atoms with Gasteiger partial charge in [0.1, 0.15) is 38.4 Å². The van der Waals surface area contributed by atoms with Gasteiger partial charge in [0.2, 0.25) is 0 Å². The third-order valence-electron chi connectivity index (χ3n) is 11.1. The number of nitrogens with zero attached hydrogens (tertiary/aromatic N) is 5. The predicted molar refractivity (Wildman–Crippen MR) is 285 cm³/mol. The Labute approximate surface area is 470 Å². The van der Waals surface area contributed by atoms with Gasteiger partial charge in [-0.3, -0.25) is 18.9 Å². The maximum Gasteiger partial charge on any atom is 2.00 e. The van der Waals surface area contributed by atoms with Crippen LogP contribution < -0.4 is 25.0 Å². The molecule has 75 heavy (non-hydrogen) atoms. The molecule has 0 heterocycles. The molecule has 0 bridgehead atoms. The fraction of sp³-hybridized carbons (Fsp3) is 0.115. The second-order valence-corrected chi connectivity index (χ2v) is 19.4. The van der Waals surface area contributed by atoms with Crippen molar-refractivity contribution in [1.82, 2.24) is 0 Å². The van der Waals surface area contributed by atoms with Crippen molar-refractivity contribution in [3.05, 3.63) is 166 Å². The van der Waals surface area contributed by atoms with E-state index in [1.165, 1.54) is 50.6 Å². The number of aryl methyl sites for hydroxylation is 2. The van der Waals surface area contributed by atoms with Crippen LogP contribution in [0.25, 0.3) is 21.5 Å². The molecule has 0 saturated heterocycles. The number of carbonyl (C=O) groups excluding carboxylic acids is 1. The summed E-state index contributed by atoms with van der Waals surface area (Å²) in [5, 5.41) is 58.6. The number of hydrogen-bond donors (Lipinski definition) is 4. The van der Waals surface area contributed by atoms with E-state index in [9.17, 15) is 46.1 Å². The van der Waals surface area contributed by atoms with Crippen molar-refractivity contribution in [2.24, 2.45) is 25.4 Å². The van der Waals surface area contributed by atoms with Gasteiger partial charge in [0.05, 0.1) is 31.2 Å². The molecule has 23 heteroatoms. The Morgan fingerprint density at radius 3 is 1.63 bits per heavy atom. The van der Waals surface area contributed by atoms with Gasteiger partial charge in [-0.1, -0.05) is 103 Å². The summed E-state index contributed by atoms with van der Waals surface area (Å²) in [6.07, 6.45) is 0.496. The summed E-state index contributed by atoms with van der Waals surface area (Å²) in [5.74, 6) is -1.58. The average Bonchev–Trinajstić information content (AvgIpc) is 3.36. The molecule has 0 aromatic heterocycles. The maximum absolute atomic E-state index is 13.4. The number of anilines is 1. The number of nitrogens with one attached hydrogen (secondary N) is 1. The molecule has 0 unspecified atom stereocenters. The molecule has 4 N–H and O–H groups in total. The van der Waals surface area contributed by atoms with Crippen molar-refractivity contribution < 1.29 is 55.5 Å². The summed E-state index contributed by atoms with van der Waals surface area (Å²) in [4.78, 5) is 16.2. The van der Waals surface area contributed by atoms with Gasteiger partial charge < -0.3 is 30.1 Å². The van der Waals surface area contributed by atoms with Crippen LogP contribution in [0.15, 0.2) is 169 Å². The minimum Gasteiger partial charge on any atom is -0.871 e. The number of azo groups is 2. The molecule has 1 amide bonds. The number of aliphatic imine (C=N–C) groups is 1. The molecule has 0 aliphatic heterocycles. The third kappa shape index (κ3) is 13.6. The molecule has 8 rings (SSSR count). The Hall–Kier alpha value is -6.72. The van der Waals surface area contributed by atoms with Crippen LogP contribution in [-0.4, -0.2) is 94.8 Å². The molecule has 0 fully saturated rings. The summed E-state index contributed by atoms with van der Waals surface area (Å²) in [6.45, 7) is 3.39. The first-order valence-electron chi connectivity index (χ1n) is 22.0. The van der Waals surface area contributed by atoms with E-state index in [1.807, 2.05) is 0 Å². The van der Waals surface area contributed by atoms with Crippen molar-refractivity contribution in [2.75, 3.05) is 19.5 Å². The average molecular weight is 1120 g/mol. The van der Waals surface area contributed by atoms with Gasteiger partial charge >= 0.3 is 37.7 Å². The zero-order valence-electron chi connectivity index (χ0n) is 40.1. The fourth-order valence-electron chi connectivity index (χ4n) is 7.66. The van der Waals surface area contributed by atoms with E-state index in [0.717, 1.165) is 0 Å². The van der Waals surface area contributed by atoms with Gasteiger partial charge in [0, 0.05) is 38.6 Å². The Morgan fingerprint density at radius 2 is 1.11 bits per heavy atom. The van der Waals surface area contributed by atoms with Crippen molar-refractivity contribution in [1.29, 1.82) is 0 Å². The van der Waals surface area contributed by atoms with E-state index < -0.39 is 53.3 Å². The van der Waals surface area contributed by atoms with Crippen LogP contribution >= 0.6 is 23.2 Å². The summed E-state index contributed by atoms with van der Waals surface area (Å²) in [6, 6.07) is 35.0. The van der Waals surface area contributed by atoms with E-state index in [4.69, 9.17) is 32.7 Å². The van der Waals surface area contributed by atoms with Crippen molar-refractivity contribution in [2.45, 2.75) is 36.5 Å². The molecule has 0 aliphatic carbocycles. The molecule has 0 spiro atoms. The number of phenols is 1. The number of fused-ring (bicyclic) bond motifs is 2. The molecular weight excluding hydrogens is 1080 g/mol. The Morgan fingerprint density at radius 1 is 0.627 bits per heavy atom. The molecule has 18 nitrogen and oxygen atoms in total. The van der Waals surface area contributed by atoms with E-state index in [0.29, 0.717) is 44.4 Å². The second-order valence-electron chi connectivity index (χ2n) is 15.9. The number of carbonyl (C=O) groups is 1. The van der Waals surface area contributed by atoms with Gasteiger partial charge in [-0.05, 0) is 107 Å². The van der Waals surface area contributed by atoms with Crippen LogP contribution in [-0.2, 0) is 33.1 Å². The van der Waals surface area contributed by atoms with Gasteiger partial charge in [-0.15, -0.1) is 15.3 Å². The molecular formula is C52H42CaCl2N6O12S2. The Kier molecular flexibility index (Phi) is 19.0. The van der Waals surface area contributed by atoms with Crippen LogP contribution in [0.2, 0.25) is 10.0 Å². The van der Waals surface area contributed by atoms with Crippen LogP contribution in [0.1, 0.15) is 40.9 Å². The minimum absolute atomic E-state index is 0. The first-order valence-corrected chi connectivity index (χ1v) is 25.6. The quantitative estimate of drug-likeness (QED) is 0.0260. The number of benzene rings is 8. The van der Waals surface area contributed by atoms with Crippen molar-refractivity contribution in [3.8, 4) is 23.0 Å². The van der Waals surface area contributed by atoms with E-state index in [2.05, 4.69) is 30.8 Å². The molecule has 380 valence electrons. The van der Waals surface area contributed by atoms with Crippen molar-refractivity contribution in [3.63, 3.8) is 0 Å². The number of hydrogen-bond acceptors (Lipinski definition) is 15. The standard InChI is InChI=1S/2C26H22ClN3O6S.Ca/c2*1-3-15-11-17(27)13-22(25(15)37(33,34)35)29-30-23-20-10-5-4-7-16(20)12-21(24(23)31)26(32)28-18-8-6-9-19(14-18)36-2;/h2*4-14,31H,3H2,1-2H3,(H,28,32)(H,33,34,35);/q;;+2/p-2. The van der Waals surface area contributed by atoms with E-state index >= 15 is 0 Å². The molecule has 0 aliphatic rings. The van der Waals surface area contributed by atoms with Crippen molar-refractivity contribution >= 4 is 149 Å². The first kappa shape index (κ1) is 57.6. The smallest absolute Gasteiger partial charge is 0.871 e. The number of halogens is 2. The third-order valence-corrected chi connectivity index (χ3v) is 13.5. The summed E-state index contributed by atoms with van der Waals surface area (Å²) in [7, 11) is -6.36. The number of rotatable bonds is 14. The molecule has 0 atom stereocenters. The summed E-state index contributed by atoms with van der Waals surface area (Å²) < 4.78 is 78.3. The number of aromatic hydroxyl groups is 1. The van der Waals surface area contributed by atoms with Gasteiger partial charge in [-0.25, -0.2) is 0 Å². The van der Waals surface area contributed by atoms with Crippen LogP contribution in [0, 0.1) is 0 Å².